The normalized spacial score (nSPS) is 11.4. The number of aromatic nitrogens is 1. The molecule has 0 aliphatic carbocycles. The number of aliphatic hydroxyl groups is 1. The van der Waals surface area contributed by atoms with Crippen molar-refractivity contribution in [1.29, 1.82) is 5.26 Å². The predicted molar refractivity (Wildman–Crippen MR) is 67.9 cm³/mol. The van der Waals surface area contributed by atoms with Gasteiger partial charge in [-0.3, -0.25) is 4.98 Å². The smallest absolute Gasteiger partial charge is 0.186 e. The number of rotatable bonds is 4. The van der Waals surface area contributed by atoms with Crippen molar-refractivity contribution in [2.45, 2.75) is 6.10 Å². The Bertz CT molecular complexity index is 608. The lowest BCUT2D eigenvalue weighted by Crippen LogP contribution is -2.00. The van der Waals surface area contributed by atoms with Crippen molar-refractivity contribution in [3.05, 3.63) is 48.3 Å². The molecule has 1 atom stereocenters. The van der Waals surface area contributed by atoms with E-state index in [1.807, 2.05) is 0 Å². The number of aliphatic hydroxyl groups excluding tert-OH is 1. The van der Waals surface area contributed by atoms with Gasteiger partial charge in [0.15, 0.2) is 11.9 Å². The molecule has 1 unspecified atom stereocenters. The zero-order valence-corrected chi connectivity index (χ0v) is 10.3. The number of nitriles is 1. The summed E-state index contributed by atoms with van der Waals surface area (Å²) in [6, 6.07) is 12.1. The summed E-state index contributed by atoms with van der Waals surface area (Å²) in [5, 5.41) is 18.3. The second kappa shape index (κ2) is 5.85. The van der Waals surface area contributed by atoms with Crippen molar-refractivity contribution >= 4 is 0 Å². The van der Waals surface area contributed by atoms with E-state index in [9.17, 15) is 5.11 Å². The molecular weight excluding hydrogens is 244 g/mol. The SMILES string of the molecule is COc1cccc(Oc2cccnc2C(O)C#N)c1. The minimum Gasteiger partial charge on any atom is -0.497 e. The van der Waals surface area contributed by atoms with E-state index in [1.54, 1.807) is 49.6 Å². The second-order valence-electron chi connectivity index (χ2n) is 3.70. The van der Waals surface area contributed by atoms with Crippen LogP contribution in [0.4, 0.5) is 0 Å². The zero-order chi connectivity index (χ0) is 13.7. The van der Waals surface area contributed by atoms with Crippen LogP contribution in [0.3, 0.4) is 0 Å². The van der Waals surface area contributed by atoms with E-state index < -0.39 is 6.10 Å². The highest BCUT2D eigenvalue weighted by atomic mass is 16.5. The summed E-state index contributed by atoms with van der Waals surface area (Å²) in [6.07, 6.45) is 0.177. The van der Waals surface area contributed by atoms with E-state index in [-0.39, 0.29) is 5.69 Å². The molecule has 96 valence electrons. The molecule has 0 saturated heterocycles. The topological polar surface area (TPSA) is 75.4 Å². The van der Waals surface area contributed by atoms with Crippen molar-refractivity contribution in [2.24, 2.45) is 0 Å². The van der Waals surface area contributed by atoms with Crippen LogP contribution in [0.25, 0.3) is 0 Å². The van der Waals surface area contributed by atoms with Crippen LogP contribution < -0.4 is 9.47 Å². The Morgan fingerprint density at radius 1 is 1.26 bits per heavy atom. The molecule has 1 aromatic carbocycles. The fraction of sp³-hybridized carbons (Fsp3) is 0.143. The van der Waals surface area contributed by atoms with Gasteiger partial charge in [-0.05, 0) is 24.3 Å². The average molecular weight is 256 g/mol. The third-order valence-electron chi connectivity index (χ3n) is 2.45. The van der Waals surface area contributed by atoms with Crippen LogP contribution in [0.15, 0.2) is 42.6 Å². The van der Waals surface area contributed by atoms with Gasteiger partial charge in [0.25, 0.3) is 0 Å². The lowest BCUT2D eigenvalue weighted by atomic mass is 10.2. The molecule has 0 fully saturated rings. The number of nitrogens with zero attached hydrogens (tertiary/aromatic N) is 2. The van der Waals surface area contributed by atoms with Gasteiger partial charge in [0.2, 0.25) is 0 Å². The number of ether oxygens (including phenoxy) is 2. The highest BCUT2D eigenvalue weighted by Gasteiger charge is 2.14. The quantitative estimate of drug-likeness (QED) is 0.850. The molecule has 0 saturated carbocycles. The van der Waals surface area contributed by atoms with Gasteiger partial charge in [-0.1, -0.05) is 6.07 Å². The van der Waals surface area contributed by atoms with E-state index in [4.69, 9.17) is 14.7 Å². The first-order chi connectivity index (χ1) is 9.24. The van der Waals surface area contributed by atoms with Gasteiger partial charge in [-0.2, -0.15) is 5.26 Å². The third kappa shape index (κ3) is 3.00. The molecule has 0 spiro atoms. The Kier molecular flexibility index (Phi) is 3.96. The van der Waals surface area contributed by atoms with E-state index >= 15 is 0 Å². The number of hydrogen-bond donors (Lipinski definition) is 1. The molecule has 1 aromatic heterocycles. The first kappa shape index (κ1) is 12.9. The van der Waals surface area contributed by atoms with Gasteiger partial charge in [-0.15, -0.1) is 0 Å². The molecule has 0 amide bonds. The Morgan fingerprint density at radius 2 is 2.05 bits per heavy atom. The van der Waals surface area contributed by atoms with Gasteiger partial charge in [-0.25, -0.2) is 0 Å². The minimum absolute atomic E-state index is 0.188. The van der Waals surface area contributed by atoms with Gasteiger partial charge in [0.05, 0.1) is 7.11 Å². The molecular formula is C14H12N2O3. The number of pyridine rings is 1. The van der Waals surface area contributed by atoms with Crippen LogP contribution in [-0.4, -0.2) is 17.2 Å². The summed E-state index contributed by atoms with van der Waals surface area (Å²) >= 11 is 0. The summed E-state index contributed by atoms with van der Waals surface area (Å²) in [7, 11) is 1.56. The lowest BCUT2D eigenvalue weighted by molar-refractivity contribution is 0.226. The number of methoxy groups -OCH3 is 1. The van der Waals surface area contributed by atoms with Crippen LogP contribution in [0.2, 0.25) is 0 Å². The van der Waals surface area contributed by atoms with Gasteiger partial charge < -0.3 is 14.6 Å². The van der Waals surface area contributed by atoms with E-state index in [0.29, 0.717) is 17.2 Å². The summed E-state index contributed by atoms with van der Waals surface area (Å²) in [6.45, 7) is 0. The molecule has 2 rings (SSSR count). The van der Waals surface area contributed by atoms with E-state index in [0.717, 1.165) is 0 Å². The van der Waals surface area contributed by atoms with Crippen molar-refractivity contribution in [3.63, 3.8) is 0 Å². The monoisotopic (exact) mass is 256 g/mol. The van der Waals surface area contributed by atoms with E-state index in [2.05, 4.69) is 4.98 Å². The highest BCUT2D eigenvalue weighted by molar-refractivity contribution is 5.39. The summed E-state index contributed by atoms with van der Waals surface area (Å²) in [4.78, 5) is 3.96. The van der Waals surface area contributed by atoms with Crippen molar-refractivity contribution in [3.8, 4) is 23.3 Å². The molecule has 2 aromatic rings. The highest BCUT2D eigenvalue weighted by Crippen LogP contribution is 2.29. The van der Waals surface area contributed by atoms with Gasteiger partial charge in [0, 0.05) is 12.3 Å². The standard InChI is InChI=1S/C14H12N2O3/c1-18-10-4-2-5-11(8-10)19-13-6-3-7-16-14(13)12(17)9-15/h2-8,12,17H,1H3. The Morgan fingerprint density at radius 3 is 2.79 bits per heavy atom. The Hall–Kier alpha value is -2.58. The van der Waals surface area contributed by atoms with Crippen LogP contribution in [0.1, 0.15) is 11.8 Å². The van der Waals surface area contributed by atoms with Crippen molar-refractivity contribution in [2.75, 3.05) is 7.11 Å². The predicted octanol–water partition coefficient (Wildman–Crippen LogP) is 2.44. The first-order valence-corrected chi connectivity index (χ1v) is 5.59. The summed E-state index contributed by atoms with van der Waals surface area (Å²) in [5.41, 5.74) is 0.188. The first-order valence-electron chi connectivity index (χ1n) is 5.59. The molecule has 0 aliphatic heterocycles. The zero-order valence-electron chi connectivity index (χ0n) is 10.3. The maximum atomic E-state index is 9.56. The third-order valence-corrected chi connectivity index (χ3v) is 2.45. The lowest BCUT2D eigenvalue weighted by Gasteiger charge is -2.11. The minimum atomic E-state index is -1.32. The molecule has 19 heavy (non-hydrogen) atoms. The fourth-order valence-corrected chi connectivity index (χ4v) is 1.55. The van der Waals surface area contributed by atoms with Crippen LogP contribution in [-0.2, 0) is 0 Å². The summed E-state index contributed by atoms with van der Waals surface area (Å²) in [5.74, 6) is 1.53. The Labute approximate surface area is 110 Å². The maximum absolute atomic E-state index is 9.56. The van der Waals surface area contributed by atoms with Crippen molar-refractivity contribution < 1.29 is 14.6 Å². The molecule has 1 heterocycles. The molecule has 0 radical (unpaired) electrons. The molecule has 1 N–H and O–H groups in total. The molecule has 0 aliphatic rings. The van der Waals surface area contributed by atoms with E-state index in [1.165, 1.54) is 6.20 Å². The molecule has 5 heteroatoms. The van der Waals surface area contributed by atoms with Gasteiger partial charge >= 0.3 is 0 Å². The molecule has 0 bridgehead atoms. The Balaban J connectivity index is 2.30. The summed E-state index contributed by atoms with van der Waals surface area (Å²) < 4.78 is 10.7. The number of hydrogen-bond acceptors (Lipinski definition) is 5. The second-order valence-corrected chi connectivity index (χ2v) is 3.70. The largest absolute Gasteiger partial charge is 0.497 e. The average Bonchev–Trinajstić information content (AvgIpc) is 2.47. The molecule has 5 nitrogen and oxygen atoms in total. The maximum Gasteiger partial charge on any atom is 0.186 e. The van der Waals surface area contributed by atoms with Gasteiger partial charge in [0.1, 0.15) is 23.3 Å². The fourth-order valence-electron chi connectivity index (χ4n) is 1.55. The van der Waals surface area contributed by atoms with Crippen molar-refractivity contribution in [1.82, 2.24) is 4.98 Å². The van der Waals surface area contributed by atoms with Crippen LogP contribution in [0, 0.1) is 11.3 Å². The van der Waals surface area contributed by atoms with Crippen LogP contribution in [0.5, 0.6) is 17.2 Å². The van der Waals surface area contributed by atoms with Crippen LogP contribution >= 0.6 is 0 Å². The number of benzene rings is 1.